The van der Waals surface area contributed by atoms with Crippen LogP contribution in [0.3, 0.4) is 0 Å². The molecule has 1 atom stereocenters. The van der Waals surface area contributed by atoms with E-state index in [1.54, 1.807) is 6.08 Å². The molecule has 1 aliphatic heterocycles. The Morgan fingerprint density at radius 2 is 2.60 bits per heavy atom. The zero-order chi connectivity index (χ0) is 7.40. The van der Waals surface area contributed by atoms with Crippen molar-refractivity contribution in [3.05, 3.63) is 12.3 Å². The van der Waals surface area contributed by atoms with Gasteiger partial charge in [0.25, 0.3) is 0 Å². The smallest absolute Gasteiger partial charge is 0.497 e. The van der Waals surface area contributed by atoms with Gasteiger partial charge in [-0.2, -0.15) is 0 Å². The molecule has 1 aliphatic rings. The van der Waals surface area contributed by atoms with Crippen LogP contribution in [0.1, 0.15) is 0 Å². The molecule has 0 saturated heterocycles. The second-order valence-corrected chi connectivity index (χ2v) is 1.77. The Kier molecular flexibility index (Phi) is 2.15. The van der Waals surface area contributed by atoms with E-state index in [2.05, 4.69) is 9.47 Å². The van der Waals surface area contributed by atoms with Gasteiger partial charge in [0.05, 0.1) is 13.4 Å². The highest BCUT2D eigenvalue weighted by atomic mass is 16.7. The summed E-state index contributed by atoms with van der Waals surface area (Å²) < 4.78 is 13.7. The molecule has 0 fully saturated rings. The third kappa shape index (κ3) is 1.65. The van der Waals surface area contributed by atoms with Crippen molar-refractivity contribution in [3.63, 3.8) is 0 Å². The van der Waals surface area contributed by atoms with E-state index in [0.717, 1.165) is 0 Å². The molecule has 4 nitrogen and oxygen atoms in total. The third-order valence-electron chi connectivity index (χ3n) is 1.06. The molecule has 1 unspecified atom stereocenters. The summed E-state index contributed by atoms with van der Waals surface area (Å²) in [5.41, 5.74) is 0. The molecule has 0 aliphatic carbocycles. The number of rotatable bonds is 1. The summed E-state index contributed by atoms with van der Waals surface area (Å²) in [5, 5.41) is 0. The van der Waals surface area contributed by atoms with Crippen molar-refractivity contribution in [2.45, 2.75) is 6.10 Å². The minimum Gasteiger partial charge on any atom is -0.497 e. The van der Waals surface area contributed by atoms with Crippen LogP contribution < -0.4 is 0 Å². The normalized spacial score (nSPS) is 21.9. The van der Waals surface area contributed by atoms with E-state index >= 15 is 0 Å². The second-order valence-electron chi connectivity index (χ2n) is 1.77. The molecule has 0 aromatic carbocycles. The molecule has 1 heterocycles. The number of methoxy groups -OCH3 is 1. The first kappa shape index (κ1) is 6.92. The monoisotopic (exact) mass is 144 g/mol. The van der Waals surface area contributed by atoms with Crippen LogP contribution in [-0.2, 0) is 14.2 Å². The van der Waals surface area contributed by atoms with Crippen LogP contribution in [0.4, 0.5) is 4.79 Å². The lowest BCUT2D eigenvalue weighted by molar-refractivity contribution is 0.0394. The largest absolute Gasteiger partial charge is 0.508 e. The molecule has 0 amide bonds. The fourth-order valence-electron chi connectivity index (χ4n) is 0.594. The summed E-state index contributed by atoms with van der Waals surface area (Å²) in [6.45, 7) is 0.384. The van der Waals surface area contributed by atoms with Crippen molar-refractivity contribution in [1.82, 2.24) is 0 Å². The van der Waals surface area contributed by atoms with E-state index in [-0.39, 0.29) is 6.10 Å². The van der Waals surface area contributed by atoms with E-state index in [4.69, 9.17) is 4.74 Å². The van der Waals surface area contributed by atoms with E-state index < -0.39 is 6.16 Å². The van der Waals surface area contributed by atoms with Crippen LogP contribution in [0.25, 0.3) is 0 Å². The molecule has 0 radical (unpaired) electrons. The highest BCUT2D eigenvalue weighted by molar-refractivity contribution is 5.60. The van der Waals surface area contributed by atoms with Crippen molar-refractivity contribution in [1.29, 1.82) is 0 Å². The first-order valence-corrected chi connectivity index (χ1v) is 2.86. The summed E-state index contributed by atoms with van der Waals surface area (Å²) in [4.78, 5) is 10.4. The van der Waals surface area contributed by atoms with E-state index in [1.165, 1.54) is 13.4 Å². The predicted octanol–water partition coefficient (Wildman–Crippen LogP) is 0.682. The zero-order valence-corrected chi connectivity index (χ0v) is 5.57. The highest BCUT2D eigenvalue weighted by Crippen LogP contribution is 2.04. The van der Waals surface area contributed by atoms with Crippen molar-refractivity contribution in [2.24, 2.45) is 0 Å². The van der Waals surface area contributed by atoms with Crippen LogP contribution in [0.2, 0.25) is 0 Å². The van der Waals surface area contributed by atoms with Crippen LogP contribution >= 0.6 is 0 Å². The Balaban J connectivity index is 2.24. The van der Waals surface area contributed by atoms with Crippen LogP contribution in [0, 0.1) is 0 Å². The Hall–Kier alpha value is -1.19. The molecule has 0 spiro atoms. The van der Waals surface area contributed by atoms with E-state index in [0.29, 0.717) is 6.61 Å². The van der Waals surface area contributed by atoms with Crippen molar-refractivity contribution in [3.8, 4) is 0 Å². The average molecular weight is 144 g/mol. The van der Waals surface area contributed by atoms with Gasteiger partial charge >= 0.3 is 6.16 Å². The van der Waals surface area contributed by atoms with Crippen LogP contribution in [0.5, 0.6) is 0 Å². The van der Waals surface area contributed by atoms with Gasteiger partial charge in [-0.15, -0.1) is 0 Å². The Labute approximate surface area is 58.4 Å². The predicted molar refractivity (Wildman–Crippen MR) is 32.4 cm³/mol. The molecule has 0 bridgehead atoms. The molecular formula is C6H8O4. The van der Waals surface area contributed by atoms with E-state index in [1.807, 2.05) is 0 Å². The molecule has 0 N–H and O–H groups in total. The Morgan fingerprint density at radius 1 is 1.80 bits per heavy atom. The number of carbonyl (C=O) groups is 1. The van der Waals surface area contributed by atoms with Gasteiger partial charge in [-0.3, -0.25) is 0 Å². The topological polar surface area (TPSA) is 44.8 Å². The number of carbonyl (C=O) groups excluding carboxylic acids is 1. The molecule has 0 aromatic rings. The summed E-state index contributed by atoms with van der Waals surface area (Å²) in [7, 11) is 1.27. The maximum atomic E-state index is 10.4. The lowest BCUT2D eigenvalue weighted by Gasteiger charge is -2.05. The number of hydrogen-bond acceptors (Lipinski definition) is 4. The lowest BCUT2D eigenvalue weighted by Crippen LogP contribution is -2.17. The summed E-state index contributed by atoms with van der Waals surface area (Å²) in [6.07, 6.45) is 2.18. The lowest BCUT2D eigenvalue weighted by atomic mass is 10.4. The van der Waals surface area contributed by atoms with Gasteiger partial charge in [-0.1, -0.05) is 0 Å². The van der Waals surface area contributed by atoms with E-state index in [9.17, 15) is 4.79 Å². The third-order valence-corrected chi connectivity index (χ3v) is 1.06. The summed E-state index contributed by atoms with van der Waals surface area (Å²) >= 11 is 0. The second kappa shape index (κ2) is 3.10. The molecular weight excluding hydrogens is 136 g/mol. The minimum atomic E-state index is -0.680. The zero-order valence-electron chi connectivity index (χ0n) is 5.57. The van der Waals surface area contributed by atoms with Crippen molar-refractivity contribution < 1.29 is 19.0 Å². The fourth-order valence-corrected chi connectivity index (χ4v) is 0.594. The quantitative estimate of drug-likeness (QED) is 0.507. The van der Waals surface area contributed by atoms with Gasteiger partial charge in [-0.05, 0) is 6.08 Å². The van der Waals surface area contributed by atoms with Gasteiger partial charge in [0, 0.05) is 0 Å². The molecule has 10 heavy (non-hydrogen) atoms. The Morgan fingerprint density at radius 3 is 3.10 bits per heavy atom. The first-order chi connectivity index (χ1) is 4.83. The molecule has 4 heteroatoms. The van der Waals surface area contributed by atoms with Crippen LogP contribution in [-0.4, -0.2) is 26.0 Å². The van der Waals surface area contributed by atoms with Crippen LogP contribution in [0.15, 0.2) is 12.3 Å². The van der Waals surface area contributed by atoms with Crippen molar-refractivity contribution in [2.75, 3.05) is 13.7 Å². The molecule has 0 aromatic heterocycles. The summed E-state index contributed by atoms with van der Waals surface area (Å²) in [5.74, 6) is 0. The first-order valence-electron chi connectivity index (χ1n) is 2.86. The number of ether oxygens (including phenoxy) is 3. The van der Waals surface area contributed by atoms with Gasteiger partial charge in [-0.25, -0.2) is 4.79 Å². The minimum absolute atomic E-state index is 0.285. The average Bonchev–Trinajstić information content (AvgIpc) is 2.40. The maximum absolute atomic E-state index is 10.4. The SMILES string of the molecule is COC(=O)OC1C=COC1. The standard InChI is InChI=1S/C6H8O4/c1-8-6(7)10-5-2-3-9-4-5/h2-3,5H,4H2,1H3. The van der Waals surface area contributed by atoms with Gasteiger partial charge in [0.15, 0.2) is 6.10 Å². The van der Waals surface area contributed by atoms with Gasteiger partial charge in [0.1, 0.15) is 6.61 Å². The Bertz CT molecular complexity index is 152. The molecule has 56 valence electrons. The van der Waals surface area contributed by atoms with Gasteiger partial charge in [0.2, 0.25) is 0 Å². The fraction of sp³-hybridized carbons (Fsp3) is 0.500. The molecule has 1 rings (SSSR count). The highest BCUT2D eigenvalue weighted by Gasteiger charge is 2.14. The number of hydrogen-bond donors (Lipinski definition) is 0. The maximum Gasteiger partial charge on any atom is 0.508 e. The van der Waals surface area contributed by atoms with Gasteiger partial charge < -0.3 is 14.2 Å². The summed E-state index contributed by atoms with van der Waals surface area (Å²) in [6, 6.07) is 0. The van der Waals surface area contributed by atoms with Crippen molar-refractivity contribution >= 4 is 6.16 Å². The molecule has 0 saturated carbocycles.